The lowest BCUT2D eigenvalue weighted by molar-refractivity contribution is -0.139. The van der Waals surface area contributed by atoms with Gasteiger partial charge in [0, 0.05) is 41.6 Å². The number of aromatic nitrogens is 2. The summed E-state index contributed by atoms with van der Waals surface area (Å²) in [6, 6.07) is 15.7. The molecule has 2 aromatic carbocycles. The normalized spacial score (nSPS) is 17.7. The first-order valence-electron chi connectivity index (χ1n) is 10.5. The highest BCUT2D eigenvalue weighted by atomic mass is 19.1. The van der Waals surface area contributed by atoms with Crippen LogP contribution in [0.4, 0.5) is 4.39 Å². The smallest absolute Gasteiger partial charge is 0.295 e. The summed E-state index contributed by atoms with van der Waals surface area (Å²) >= 11 is 0. The van der Waals surface area contributed by atoms with Crippen molar-refractivity contribution >= 4 is 28.4 Å². The predicted molar refractivity (Wildman–Crippen MR) is 122 cm³/mol. The van der Waals surface area contributed by atoms with Gasteiger partial charge in [0.2, 0.25) is 0 Å². The summed E-state index contributed by atoms with van der Waals surface area (Å²) in [7, 11) is 0. The molecule has 5 rings (SSSR count). The number of amides is 1. The number of rotatable bonds is 5. The van der Waals surface area contributed by atoms with E-state index in [9.17, 15) is 19.1 Å². The Balaban J connectivity index is 1.55. The zero-order chi connectivity index (χ0) is 22.9. The number of H-pyrrole nitrogens is 1. The number of carbonyl (C=O) groups is 2. The maximum Gasteiger partial charge on any atom is 0.295 e. The Morgan fingerprint density at radius 1 is 1.06 bits per heavy atom. The van der Waals surface area contributed by atoms with Gasteiger partial charge in [-0.3, -0.25) is 14.6 Å². The summed E-state index contributed by atoms with van der Waals surface area (Å²) in [6.45, 7) is 0.270. The number of aliphatic hydroxyl groups is 1. The maximum atomic E-state index is 13.4. The molecule has 1 amide bonds. The molecule has 4 aromatic rings. The number of fused-ring (bicyclic) bond motifs is 1. The van der Waals surface area contributed by atoms with Crippen LogP contribution in [-0.2, 0) is 16.0 Å². The van der Waals surface area contributed by atoms with Crippen LogP contribution in [0.3, 0.4) is 0 Å². The Kier molecular flexibility index (Phi) is 5.22. The average Bonchev–Trinajstić information content (AvgIpc) is 3.37. The van der Waals surface area contributed by atoms with Gasteiger partial charge in [-0.25, -0.2) is 4.39 Å². The molecular weight excluding hydrogens is 421 g/mol. The SMILES string of the molecule is O=C1C(=O)N(CCc2c[nH]c3ccccc23)C(c2cccnc2)/C1=C(/O)c1ccc(F)cc1. The number of hydrogen-bond acceptors (Lipinski definition) is 4. The van der Waals surface area contributed by atoms with Crippen LogP contribution in [0.5, 0.6) is 0 Å². The van der Waals surface area contributed by atoms with Crippen molar-refractivity contribution in [3.63, 3.8) is 0 Å². The monoisotopic (exact) mass is 441 g/mol. The fourth-order valence-corrected chi connectivity index (χ4v) is 4.34. The fourth-order valence-electron chi connectivity index (χ4n) is 4.34. The van der Waals surface area contributed by atoms with Gasteiger partial charge in [-0.05, 0) is 53.9 Å². The van der Waals surface area contributed by atoms with Crippen molar-refractivity contribution in [2.75, 3.05) is 6.54 Å². The third-order valence-corrected chi connectivity index (χ3v) is 5.95. The summed E-state index contributed by atoms with van der Waals surface area (Å²) in [6.07, 6.45) is 5.60. The molecule has 1 atom stereocenters. The van der Waals surface area contributed by atoms with E-state index in [-0.39, 0.29) is 23.4 Å². The molecule has 7 heteroatoms. The van der Waals surface area contributed by atoms with Gasteiger partial charge < -0.3 is 15.0 Å². The number of aliphatic hydroxyl groups excluding tert-OH is 1. The number of nitrogens with zero attached hydrogens (tertiary/aromatic N) is 2. The van der Waals surface area contributed by atoms with Crippen LogP contribution in [0.15, 0.2) is 84.8 Å². The van der Waals surface area contributed by atoms with Crippen molar-refractivity contribution in [1.29, 1.82) is 0 Å². The highest BCUT2D eigenvalue weighted by Gasteiger charge is 2.46. The van der Waals surface area contributed by atoms with Crippen molar-refractivity contribution < 1.29 is 19.1 Å². The first kappa shape index (κ1) is 20.6. The maximum absolute atomic E-state index is 13.4. The number of likely N-dealkylation sites (tertiary alicyclic amines) is 1. The minimum Gasteiger partial charge on any atom is -0.507 e. The van der Waals surface area contributed by atoms with E-state index in [0.717, 1.165) is 16.5 Å². The summed E-state index contributed by atoms with van der Waals surface area (Å²) in [5, 5.41) is 12.0. The molecule has 0 radical (unpaired) electrons. The van der Waals surface area contributed by atoms with E-state index in [2.05, 4.69) is 9.97 Å². The van der Waals surface area contributed by atoms with Crippen molar-refractivity contribution in [1.82, 2.24) is 14.9 Å². The highest BCUT2D eigenvalue weighted by Crippen LogP contribution is 2.39. The second-order valence-electron chi connectivity index (χ2n) is 7.90. The van der Waals surface area contributed by atoms with Crippen LogP contribution in [0.25, 0.3) is 16.7 Å². The van der Waals surface area contributed by atoms with Gasteiger partial charge in [0.1, 0.15) is 11.6 Å². The van der Waals surface area contributed by atoms with E-state index in [4.69, 9.17) is 0 Å². The van der Waals surface area contributed by atoms with Crippen molar-refractivity contribution in [2.24, 2.45) is 0 Å². The molecule has 2 N–H and O–H groups in total. The van der Waals surface area contributed by atoms with Crippen LogP contribution in [0.1, 0.15) is 22.7 Å². The van der Waals surface area contributed by atoms with E-state index < -0.39 is 23.5 Å². The van der Waals surface area contributed by atoms with Gasteiger partial charge in [0.15, 0.2) is 0 Å². The summed E-state index contributed by atoms with van der Waals surface area (Å²) < 4.78 is 13.4. The summed E-state index contributed by atoms with van der Waals surface area (Å²) in [4.78, 5) is 34.9. The molecule has 0 saturated carbocycles. The first-order chi connectivity index (χ1) is 16.0. The van der Waals surface area contributed by atoms with Crippen LogP contribution in [0, 0.1) is 5.82 Å². The zero-order valence-electron chi connectivity index (χ0n) is 17.5. The van der Waals surface area contributed by atoms with Gasteiger partial charge in [-0.15, -0.1) is 0 Å². The molecule has 164 valence electrons. The molecule has 2 aromatic heterocycles. The number of aromatic amines is 1. The largest absolute Gasteiger partial charge is 0.507 e. The number of para-hydroxylation sites is 1. The Morgan fingerprint density at radius 2 is 1.85 bits per heavy atom. The minimum atomic E-state index is -0.797. The summed E-state index contributed by atoms with van der Waals surface area (Å²) in [5.41, 5.74) is 2.86. The van der Waals surface area contributed by atoms with E-state index in [1.165, 1.54) is 29.2 Å². The number of halogens is 1. The van der Waals surface area contributed by atoms with Gasteiger partial charge in [0.05, 0.1) is 11.6 Å². The lowest BCUT2D eigenvalue weighted by atomic mass is 9.96. The Hall–Kier alpha value is -4.26. The van der Waals surface area contributed by atoms with Gasteiger partial charge in [-0.2, -0.15) is 0 Å². The number of pyridine rings is 1. The quantitative estimate of drug-likeness (QED) is 0.274. The van der Waals surface area contributed by atoms with Gasteiger partial charge >= 0.3 is 0 Å². The number of nitrogens with one attached hydrogen (secondary N) is 1. The molecule has 1 aliphatic rings. The molecule has 1 unspecified atom stereocenters. The number of Topliss-reactive ketones (excluding diaryl/α,β-unsaturated/α-hetero) is 1. The van der Waals surface area contributed by atoms with E-state index in [0.29, 0.717) is 12.0 Å². The molecule has 1 aliphatic heterocycles. The Bertz CT molecular complexity index is 1380. The number of hydrogen-bond donors (Lipinski definition) is 2. The molecule has 0 spiro atoms. The second kappa shape index (κ2) is 8.35. The fraction of sp³-hybridized carbons (Fsp3) is 0.115. The Morgan fingerprint density at radius 3 is 2.61 bits per heavy atom. The first-order valence-corrected chi connectivity index (χ1v) is 10.5. The van der Waals surface area contributed by atoms with Crippen LogP contribution < -0.4 is 0 Å². The van der Waals surface area contributed by atoms with Crippen LogP contribution in [-0.4, -0.2) is 38.2 Å². The number of benzene rings is 2. The molecule has 0 bridgehead atoms. The lowest BCUT2D eigenvalue weighted by Crippen LogP contribution is -2.31. The van der Waals surface area contributed by atoms with Gasteiger partial charge in [-0.1, -0.05) is 24.3 Å². The van der Waals surface area contributed by atoms with Gasteiger partial charge in [0.25, 0.3) is 11.7 Å². The third kappa shape index (κ3) is 3.67. The predicted octanol–water partition coefficient (Wildman–Crippen LogP) is 4.37. The zero-order valence-corrected chi connectivity index (χ0v) is 17.5. The standard InChI is InChI=1S/C26H20FN3O3/c27-19-9-7-16(8-10-19)24(31)22-23(18-4-3-12-28-14-18)30(26(33)25(22)32)13-11-17-15-29-21-6-2-1-5-20(17)21/h1-10,12,14-15,23,29,31H,11,13H2/b24-22-. The van der Waals surface area contributed by atoms with Crippen molar-refractivity contribution in [2.45, 2.75) is 12.5 Å². The topological polar surface area (TPSA) is 86.3 Å². The molecular formula is C26H20FN3O3. The molecule has 1 saturated heterocycles. The average molecular weight is 441 g/mol. The van der Waals surface area contributed by atoms with E-state index in [1.54, 1.807) is 24.5 Å². The minimum absolute atomic E-state index is 0.0291. The lowest BCUT2D eigenvalue weighted by Gasteiger charge is -2.25. The Labute approximate surface area is 189 Å². The number of ketones is 1. The molecule has 6 nitrogen and oxygen atoms in total. The molecule has 33 heavy (non-hydrogen) atoms. The third-order valence-electron chi connectivity index (χ3n) is 5.95. The van der Waals surface area contributed by atoms with E-state index >= 15 is 0 Å². The highest BCUT2D eigenvalue weighted by molar-refractivity contribution is 6.46. The summed E-state index contributed by atoms with van der Waals surface area (Å²) in [5.74, 6) is -2.26. The van der Waals surface area contributed by atoms with Crippen molar-refractivity contribution in [3.05, 3.63) is 107 Å². The van der Waals surface area contributed by atoms with Crippen LogP contribution >= 0.6 is 0 Å². The van der Waals surface area contributed by atoms with E-state index in [1.807, 2.05) is 30.5 Å². The second-order valence-corrected chi connectivity index (χ2v) is 7.90. The molecule has 0 aliphatic carbocycles. The van der Waals surface area contributed by atoms with Crippen LogP contribution in [0.2, 0.25) is 0 Å². The molecule has 3 heterocycles. The number of carbonyl (C=O) groups excluding carboxylic acids is 2. The molecule has 1 fully saturated rings. The van der Waals surface area contributed by atoms with Crippen molar-refractivity contribution in [3.8, 4) is 0 Å².